The maximum Gasteiger partial charge on any atom is 0.118 e. The molecule has 1 N–H and O–H groups in total. The Balaban J connectivity index is 1.26. The van der Waals surface area contributed by atoms with E-state index in [2.05, 4.69) is 34.5 Å². The molecule has 3 heteroatoms. The van der Waals surface area contributed by atoms with Crippen LogP contribution >= 0.6 is 0 Å². The molecule has 1 spiro atoms. The van der Waals surface area contributed by atoms with Gasteiger partial charge in [-0.25, -0.2) is 0 Å². The van der Waals surface area contributed by atoms with Crippen LogP contribution in [0.5, 0.6) is 5.75 Å². The molecule has 3 aliphatic rings. The zero-order valence-corrected chi connectivity index (χ0v) is 15.8. The summed E-state index contributed by atoms with van der Waals surface area (Å²) in [6, 6.07) is 9.54. The maximum absolute atomic E-state index is 5.27. The van der Waals surface area contributed by atoms with Gasteiger partial charge in [0.05, 0.1) is 7.11 Å². The fourth-order valence-electron chi connectivity index (χ4n) is 5.49. The van der Waals surface area contributed by atoms with Gasteiger partial charge >= 0.3 is 0 Å². The fourth-order valence-corrected chi connectivity index (χ4v) is 5.49. The van der Waals surface area contributed by atoms with Crippen LogP contribution in [0.2, 0.25) is 0 Å². The second-order valence-electron chi connectivity index (χ2n) is 8.68. The SMILES string of the molecule is COc1ccc(CC2CCN(C3CCC4(CCNCC4)CC3)C2)cc1. The average molecular weight is 343 g/mol. The van der Waals surface area contributed by atoms with Gasteiger partial charge in [-0.15, -0.1) is 0 Å². The first-order chi connectivity index (χ1) is 12.3. The lowest BCUT2D eigenvalue weighted by Gasteiger charge is -2.45. The minimum absolute atomic E-state index is 0.698. The summed E-state index contributed by atoms with van der Waals surface area (Å²) in [5.74, 6) is 1.80. The Morgan fingerprint density at radius 2 is 1.76 bits per heavy atom. The number of benzene rings is 1. The van der Waals surface area contributed by atoms with Crippen molar-refractivity contribution >= 4 is 0 Å². The van der Waals surface area contributed by atoms with Crippen LogP contribution in [0.25, 0.3) is 0 Å². The summed E-state index contributed by atoms with van der Waals surface area (Å²) in [6.45, 7) is 5.13. The van der Waals surface area contributed by atoms with Crippen molar-refractivity contribution in [3.63, 3.8) is 0 Å². The minimum atomic E-state index is 0.698. The van der Waals surface area contributed by atoms with Gasteiger partial charge in [-0.3, -0.25) is 0 Å². The van der Waals surface area contributed by atoms with E-state index in [1.165, 1.54) is 83.1 Å². The number of hydrogen-bond donors (Lipinski definition) is 1. The predicted molar refractivity (Wildman–Crippen MR) is 103 cm³/mol. The van der Waals surface area contributed by atoms with E-state index < -0.39 is 0 Å². The summed E-state index contributed by atoms with van der Waals surface area (Å²) in [5.41, 5.74) is 2.16. The second-order valence-corrected chi connectivity index (χ2v) is 8.68. The number of likely N-dealkylation sites (tertiary alicyclic amines) is 1. The molecule has 4 rings (SSSR count). The first-order valence-electron chi connectivity index (χ1n) is 10.3. The lowest BCUT2D eigenvalue weighted by molar-refractivity contribution is 0.0744. The van der Waals surface area contributed by atoms with Crippen LogP contribution in [0.3, 0.4) is 0 Å². The van der Waals surface area contributed by atoms with Gasteiger partial charge in [0.25, 0.3) is 0 Å². The fraction of sp³-hybridized carbons (Fsp3) is 0.727. The first kappa shape index (κ1) is 17.4. The Bertz CT molecular complexity index is 540. The number of nitrogens with one attached hydrogen (secondary N) is 1. The van der Waals surface area contributed by atoms with Gasteiger partial charge in [-0.2, -0.15) is 0 Å². The third-order valence-electron chi connectivity index (χ3n) is 7.20. The molecule has 1 saturated carbocycles. The number of piperidine rings is 1. The maximum atomic E-state index is 5.27. The molecular weight excluding hydrogens is 308 g/mol. The molecule has 25 heavy (non-hydrogen) atoms. The summed E-state index contributed by atoms with van der Waals surface area (Å²) in [7, 11) is 1.74. The van der Waals surface area contributed by atoms with Gasteiger partial charge in [0.2, 0.25) is 0 Å². The number of rotatable bonds is 4. The third-order valence-corrected chi connectivity index (χ3v) is 7.20. The lowest BCUT2D eigenvalue weighted by Crippen LogP contribution is -2.44. The molecule has 1 atom stereocenters. The van der Waals surface area contributed by atoms with Crippen molar-refractivity contribution in [1.29, 1.82) is 0 Å². The Morgan fingerprint density at radius 1 is 1.04 bits per heavy atom. The number of nitrogens with zero attached hydrogens (tertiary/aromatic N) is 1. The summed E-state index contributed by atoms with van der Waals surface area (Å²) < 4.78 is 5.27. The van der Waals surface area contributed by atoms with E-state index in [0.29, 0.717) is 5.41 Å². The van der Waals surface area contributed by atoms with Crippen molar-refractivity contribution < 1.29 is 4.74 Å². The van der Waals surface area contributed by atoms with Gasteiger partial charge in [0.15, 0.2) is 0 Å². The van der Waals surface area contributed by atoms with Crippen molar-refractivity contribution in [3.8, 4) is 5.75 Å². The Morgan fingerprint density at radius 3 is 2.44 bits per heavy atom. The summed E-state index contributed by atoms with van der Waals surface area (Å²) in [5, 5.41) is 3.54. The highest BCUT2D eigenvalue weighted by atomic mass is 16.5. The lowest BCUT2D eigenvalue weighted by atomic mass is 9.67. The van der Waals surface area contributed by atoms with Crippen LogP contribution in [0, 0.1) is 11.3 Å². The summed E-state index contributed by atoms with van der Waals surface area (Å²) in [6.07, 6.45) is 11.3. The third kappa shape index (κ3) is 4.03. The van der Waals surface area contributed by atoms with E-state index in [-0.39, 0.29) is 0 Å². The molecular formula is C22H34N2O. The van der Waals surface area contributed by atoms with E-state index in [0.717, 1.165) is 17.7 Å². The normalized spacial score (nSPS) is 27.6. The van der Waals surface area contributed by atoms with E-state index in [4.69, 9.17) is 4.74 Å². The molecule has 2 saturated heterocycles. The molecule has 3 fully saturated rings. The van der Waals surface area contributed by atoms with Crippen molar-refractivity contribution in [2.45, 2.75) is 57.4 Å². The van der Waals surface area contributed by atoms with Crippen molar-refractivity contribution in [2.24, 2.45) is 11.3 Å². The molecule has 0 bridgehead atoms. The molecule has 1 aromatic carbocycles. The molecule has 138 valence electrons. The highest BCUT2D eigenvalue weighted by molar-refractivity contribution is 5.27. The van der Waals surface area contributed by atoms with Gasteiger partial charge in [-0.05, 0) is 100 Å². The molecule has 3 nitrogen and oxygen atoms in total. The molecule has 1 unspecified atom stereocenters. The molecule has 2 heterocycles. The highest BCUT2D eigenvalue weighted by Gasteiger charge is 2.39. The minimum Gasteiger partial charge on any atom is -0.497 e. The van der Waals surface area contributed by atoms with Crippen LogP contribution in [-0.2, 0) is 6.42 Å². The Hall–Kier alpha value is -1.06. The molecule has 0 amide bonds. The van der Waals surface area contributed by atoms with Crippen LogP contribution in [0.15, 0.2) is 24.3 Å². The van der Waals surface area contributed by atoms with Crippen molar-refractivity contribution in [3.05, 3.63) is 29.8 Å². The zero-order chi connectivity index (χ0) is 17.1. The Kier molecular flexibility index (Phi) is 5.33. The van der Waals surface area contributed by atoms with Crippen LogP contribution in [-0.4, -0.2) is 44.2 Å². The van der Waals surface area contributed by atoms with Crippen LogP contribution < -0.4 is 10.1 Å². The van der Waals surface area contributed by atoms with Gasteiger partial charge in [-0.1, -0.05) is 12.1 Å². The van der Waals surface area contributed by atoms with E-state index in [1.54, 1.807) is 7.11 Å². The monoisotopic (exact) mass is 342 g/mol. The van der Waals surface area contributed by atoms with E-state index in [9.17, 15) is 0 Å². The highest BCUT2D eigenvalue weighted by Crippen LogP contribution is 2.44. The van der Waals surface area contributed by atoms with Crippen LogP contribution in [0.1, 0.15) is 50.5 Å². The van der Waals surface area contributed by atoms with Crippen molar-refractivity contribution in [2.75, 3.05) is 33.3 Å². The van der Waals surface area contributed by atoms with Gasteiger partial charge in [0, 0.05) is 12.6 Å². The molecule has 1 aliphatic carbocycles. The topological polar surface area (TPSA) is 24.5 Å². The molecule has 2 aliphatic heterocycles. The van der Waals surface area contributed by atoms with Gasteiger partial charge in [0.1, 0.15) is 5.75 Å². The van der Waals surface area contributed by atoms with Gasteiger partial charge < -0.3 is 15.0 Å². The molecule has 1 aromatic rings. The van der Waals surface area contributed by atoms with E-state index >= 15 is 0 Å². The average Bonchev–Trinajstić information content (AvgIpc) is 3.12. The Labute approximate surface area is 153 Å². The standard InChI is InChI=1S/C22H34N2O/c1-25-21-4-2-18(3-5-21)16-19-8-15-24(17-19)20-6-9-22(10-7-20)11-13-23-14-12-22/h2-5,19-20,23H,6-17H2,1H3. The largest absolute Gasteiger partial charge is 0.497 e. The second kappa shape index (κ2) is 7.67. The molecule has 0 radical (unpaired) electrons. The van der Waals surface area contributed by atoms with E-state index in [1.807, 2.05) is 0 Å². The van der Waals surface area contributed by atoms with Crippen molar-refractivity contribution in [1.82, 2.24) is 10.2 Å². The number of hydrogen-bond acceptors (Lipinski definition) is 3. The summed E-state index contributed by atoms with van der Waals surface area (Å²) in [4.78, 5) is 2.82. The smallest absolute Gasteiger partial charge is 0.118 e. The quantitative estimate of drug-likeness (QED) is 0.899. The first-order valence-corrected chi connectivity index (χ1v) is 10.3. The predicted octanol–water partition coefficient (Wildman–Crippen LogP) is 3.87. The summed E-state index contributed by atoms with van der Waals surface area (Å²) >= 11 is 0. The van der Waals surface area contributed by atoms with Crippen LogP contribution in [0.4, 0.5) is 0 Å². The number of methoxy groups -OCH3 is 1. The number of ether oxygens (including phenoxy) is 1. The molecule has 0 aromatic heterocycles. The zero-order valence-electron chi connectivity index (χ0n) is 15.8.